The van der Waals surface area contributed by atoms with Gasteiger partial charge < -0.3 is 20.1 Å². The fourth-order valence-electron chi connectivity index (χ4n) is 4.60. The van der Waals surface area contributed by atoms with Crippen LogP contribution >= 0.6 is 11.6 Å². The number of benzene rings is 2. The van der Waals surface area contributed by atoms with Crippen LogP contribution in [0.3, 0.4) is 0 Å². The van der Waals surface area contributed by atoms with Crippen molar-refractivity contribution in [2.75, 3.05) is 5.32 Å². The van der Waals surface area contributed by atoms with Gasteiger partial charge in [0, 0.05) is 28.6 Å². The van der Waals surface area contributed by atoms with E-state index in [0.29, 0.717) is 16.2 Å². The Labute approximate surface area is 214 Å². The van der Waals surface area contributed by atoms with Crippen molar-refractivity contribution in [3.63, 3.8) is 0 Å². The molecule has 37 heavy (non-hydrogen) atoms. The molecule has 6 nitrogen and oxygen atoms in total. The summed E-state index contributed by atoms with van der Waals surface area (Å²) >= 11 is 6.28. The van der Waals surface area contributed by atoms with Crippen LogP contribution in [-0.2, 0) is 5.60 Å². The average Bonchev–Trinajstić information content (AvgIpc) is 3.36. The molecular weight excluding hydrogens is 507 g/mol. The predicted molar refractivity (Wildman–Crippen MR) is 133 cm³/mol. The highest BCUT2D eigenvalue weighted by Gasteiger charge is 2.37. The average molecular weight is 528 g/mol. The van der Waals surface area contributed by atoms with Crippen LogP contribution in [0.15, 0.2) is 60.8 Å². The molecule has 1 aliphatic rings. The Bertz CT molecular complexity index is 1580. The number of fused-ring (bicyclic) bond motifs is 2. The first-order chi connectivity index (χ1) is 17.5. The number of nitrogens with one attached hydrogen (secondary N) is 2. The zero-order valence-corrected chi connectivity index (χ0v) is 20.4. The van der Waals surface area contributed by atoms with E-state index < -0.39 is 41.3 Å². The molecule has 3 heterocycles. The molecule has 190 valence electrons. The quantitative estimate of drug-likeness (QED) is 0.298. The second-order valence-electron chi connectivity index (χ2n) is 9.32. The molecule has 2 aromatic carbocycles. The van der Waals surface area contributed by atoms with Crippen LogP contribution in [0.25, 0.3) is 5.52 Å². The van der Waals surface area contributed by atoms with E-state index in [2.05, 4.69) is 10.6 Å². The van der Waals surface area contributed by atoms with E-state index in [1.807, 2.05) is 0 Å². The molecular formula is C27H21ClF3N3O3. The molecule has 2 aromatic heterocycles. The number of hydrogen-bond acceptors (Lipinski definition) is 3. The molecule has 4 aromatic rings. The van der Waals surface area contributed by atoms with Crippen molar-refractivity contribution >= 4 is 34.6 Å². The third-order valence-corrected chi connectivity index (χ3v) is 6.70. The number of aliphatic hydroxyl groups is 1. The number of rotatable bonds is 5. The Hall–Kier alpha value is -3.82. The third-order valence-electron chi connectivity index (χ3n) is 6.41. The molecule has 0 spiro atoms. The fraction of sp³-hybridized carbons (Fsp3) is 0.185. The first-order valence-corrected chi connectivity index (χ1v) is 11.7. The van der Waals surface area contributed by atoms with Gasteiger partial charge in [-0.05, 0) is 67.4 Å². The molecule has 0 aliphatic carbocycles. The van der Waals surface area contributed by atoms with Gasteiger partial charge in [0.25, 0.3) is 18.2 Å². The zero-order valence-electron chi connectivity index (χ0n) is 19.7. The van der Waals surface area contributed by atoms with Crippen LogP contribution in [0.4, 0.5) is 18.9 Å². The molecule has 0 bridgehead atoms. The maximum Gasteiger partial charge on any atom is 0.264 e. The topological polar surface area (TPSA) is 82.8 Å². The number of amides is 2. The summed E-state index contributed by atoms with van der Waals surface area (Å²) in [6, 6.07) is 11.3. The van der Waals surface area contributed by atoms with E-state index in [0.717, 1.165) is 18.2 Å². The van der Waals surface area contributed by atoms with E-state index in [9.17, 15) is 27.9 Å². The van der Waals surface area contributed by atoms with Crippen LogP contribution in [0.1, 0.15) is 69.3 Å². The molecule has 0 saturated heterocycles. The Balaban J connectivity index is 1.68. The molecule has 1 aliphatic heterocycles. The molecule has 0 fully saturated rings. The molecule has 10 heteroatoms. The first kappa shape index (κ1) is 24.9. The first-order valence-electron chi connectivity index (χ1n) is 11.3. The molecule has 0 radical (unpaired) electrons. The molecule has 2 amide bonds. The lowest BCUT2D eigenvalue weighted by Gasteiger charge is -2.23. The highest BCUT2D eigenvalue weighted by atomic mass is 35.5. The number of carbonyl (C=O) groups is 2. The largest absolute Gasteiger partial charge is 0.386 e. The number of carbonyl (C=O) groups excluding carboxylic acids is 2. The van der Waals surface area contributed by atoms with Gasteiger partial charge in [-0.25, -0.2) is 13.2 Å². The highest BCUT2D eigenvalue weighted by Crippen LogP contribution is 2.42. The number of alkyl halides is 2. The molecule has 1 atom stereocenters. The lowest BCUT2D eigenvalue weighted by molar-refractivity contribution is 0.0784. The summed E-state index contributed by atoms with van der Waals surface area (Å²) in [7, 11) is 0. The van der Waals surface area contributed by atoms with Crippen molar-refractivity contribution in [2.24, 2.45) is 0 Å². The summed E-state index contributed by atoms with van der Waals surface area (Å²) in [5.41, 5.74) is -0.537. The standard InChI is InChI=1S/C27H21ClF3N3O3/c1-27(2,37)13-9-18-22(23(33-26(18)36)16-11-14(29)6-7-15(16)24(30)31)19(10-13)32-25(35)17-12-21(28)34-8-4-3-5-20(17)34/h3-12,23-24,37H,1-2H3,(H,32,35)(H,33,36). The van der Waals surface area contributed by atoms with Crippen molar-refractivity contribution < 1.29 is 27.9 Å². The van der Waals surface area contributed by atoms with Crippen molar-refractivity contribution in [1.29, 1.82) is 0 Å². The Morgan fingerprint density at radius 3 is 2.62 bits per heavy atom. The Morgan fingerprint density at radius 2 is 1.92 bits per heavy atom. The van der Waals surface area contributed by atoms with Crippen molar-refractivity contribution in [2.45, 2.75) is 31.9 Å². The summed E-state index contributed by atoms with van der Waals surface area (Å²) in [4.78, 5) is 26.4. The van der Waals surface area contributed by atoms with Gasteiger partial charge in [-0.2, -0.15) is 0 Å². The predicted octanol–water partition coefficient (Wildman–Crippen LogP) is 5.98. The lowest BCUT2D eigenvalue weighted by atomic mass is 9.88. The monoisotopic (exact) mass is 527 g/mol. The molecule has 3 N–H and O–H groups in total. The number of nitrogens with zero attached hydrogens (tertiary/aromatic N) is 1. The fourth-order valence-corrected chi connectivity index (χ4v) is 4.86. The minimum atomic E-state index is -2.93. The second-order valence-corrected chi connectivity index (χ2v) is 9.70. The van der Waals surface area contributed by atoms with E-state index in [1.165, 1.54) is 32.0 Å². The van der Waals surface area contributed by atoms with Gasteiger partial charge in [0.2, 0.25) is 0 Å². The number of halogens is 4. The molecule has 1 unspecified atom stereocenters. The van der Waals surface area contributed by atoms with Crippen LogP contribution in [0, 0.1) is 5.82 Å². The number of hydrogen-bond donors (Lipinski definition) is 3. The minimum absolute atomic E-state index is 0.0733. The minimum Gasteiger partial charge on any atom is -0.386 e. The molecule has 0 saturated carbocycles. The van der Waals surface area contributed by atoms with E-state index in [-0.39, 0.29) is 27.9 Å². The second kappa shape index (κ2) is 8.93. The van der Waals surface area contributed by atoms with E-state index in [4.69, 9.17) is 11.6 Å². The Morgan fingerprint density at radius 1 is 1.16 bits per heavy atom. The van der Waals surface area contributed by atoms with Gasteiger partial charge in [-0.3, -0.25) is 9.59 Å². The summed E-state index contributed by atoms with van der Waals surface area (Å²) < 4.78 is 43.5. The lowest BCUT2D eigenvalue weighted by Crippen LogP contribution is -2.22. The van der Waals surface area contributed by atoms with Crippen molar-refractivity contribution in [3.8, 4) is 0 Å². The number of aromatic nitrogens is 1. The number of anilines is 1. The SMILES string of the molecule is CC(C)(O)c1cc(NC(=O)c2cc(Cl)n3ccccc23)c2c(c1)C(=O)NC2c1cc(F)ccc1C(F)F. The zero-order chi connectivity index (χ0) is 26.6. The molecule has 5 rings (SSSR count). The maximum atomic E-state index is 14.2. The van der Waals surface area contributed by atoms with Gasteiger partial charge in [0.1, 0.15) is 11.0 Å². The maximum absolute atomic E-state index is 14.2. The van der Waals surface area contributed by atoms with Gasteiger partial charge in [0.15, 0.2) is 0 Å². The van der Waals surface area contributed by atoms with Gasteiger partial charge >= 0.3 is 0 Å². The van der Waals surface area contributed by atoms with E-state index in [1.54, 1.807) is 28.8 Å². The smallest absolute Gasteiger partial charge is 0.264 e. The van der Waals surface area contributed by atoms with Gasteiger partial charge in [0.05, 0.1) is 22.7 Å². The van der Waals surface area contributed by atoms with Crippen LogP contribution in [0.2, 0.25) is 5.15 Å². The summed E-state index contributed by atoms with van der Waals surface area (Å²) in [6.45, 7) is 3.01. The summed E-state index contributed by atoms with van der Waals surface area (Å²) in [5.74, 6) is -1.93. The highest BCUT2D eigenvalue weighted by molar-refractivity contribution is 6.31. The summed E-state index contributed by atoms with van der Waals surface area (Å²) in [5, 5.41) is 16.3. The van der Waals surface area contributed by atoms with Crippen molar-refractivity contribution in [1.82, 2.24) is 9.72 Å². The summed E-state index contributed by atoms with van der Waals surface area (Å²) in [6.07, 6.45) is -1.24. The van der Waals surface area contributed by atoms with E-state index >= 15 is 0 Å². The normalized spacial score (nSPS) is 15.2. The van der Waals surface area contributed by atoms with Crippen LogP contribution in [-0.4, -0.2) is 21.3 Å². The number of pyridine rings is 1. The Kier molecular flexibility index (Phi) is 6.00. The third kappa shape index (κ3) is 4.34. The van der Waals surface area contributed by atoms with Gasteiger partial charge in [-0.1, -0.05) is 23.7 Å². The van der Waals surface area contributed by atoms with Gasteiger partial charge in [-0.15, -0.1) is 0 Å². The van der Waals surface area contributed by atoms with Crippen LogP contribution < -0.4 is 10.6 Å². The van der Waals surface area contributed by atoms with Crippen LogP contribution in [0.5, 0.6) is 0 Å². The van der Waals surface area contributed by atoms with Crippen molar-refractivity contribution in [3.05, 3.63) is 105 Å².